The van der Waals surface area contributed by atoms with Crippen LogP contribution >= 0.6 is 11.8 Å². The molecule has 1 fully saturated rings. The molecule has 8 heteroatoms. The second kappa shape index (κ2) is 8.73. The summed E-state index contributed by atoms with van der Waals surface area (Å²) < 4.78 is 7.17. The molecule has 0 N–H and O–H groups in total. The van der Waals surface area contributed by atoms with Gasteiger partial charge in [-0.15, -0.1) is 10.2 Å². The number of ether oxygens (including phenoxy) is 1. The summed E-state index contributed by atoms with van der Waals surface area (Å²) in [6.45, 7) is 3.60. The van der Waals surface area contributed by atoms with Gasteiger partial charge in [-0.05, 0) is 38.1 Å². The molecule has 0 radical (unpaired) electrons. The van der Waals surface area contributed by atoms with Crippen LogP contribution < -0.4 is 0 Å². The van der Waals surface area contributed by atoms with E-state index >= 15 is 0 Å². The maximum atomic E-state index is 5.05. The van der Waals surface area contributed by atoms with E-state index in [2.05, 4.69) is 36.7 Å². The lowest BCUT2D eigenvalue weighted by molar-refractivity contribution is 0.173. The Bertz CT molecular complexity index is 666. The number of piperidine rings is 1. The van der Waals surface area contributed by atoms with Gasteiger partial charge >= 0.3 is 0 Å². The third-order valence-corrected chi connectivity index (χ3v) is 5.45. The smallest absolute Gasteiger partial charge is 0.190 e. The van der Waals surface area contributed by atoms with E-state index in [9.17, 15) is 0 Å². The van der Waals surface area contributed by atoms with Crippen molar-refractivity contribution in [1.82, 2.24) is 29.6 Å². The summed E-state index contributed by atoms with van der Waals surface area (Å²) in [4.78, 5) is 11.2. The van der Waals surface area contributed by atoms with Crippen LogP contribution in [0.3, 0.4) is 0 Å². The number of nitrogens with zero attached hydrogens (tertiary/aromatic N) is 6. The van der Waals surface area contributed by atoms with Crippen molar-refractivity contribution in [3.63, 3.8) is 0 Å². The number of thioether (sulfide) groups is 1. The Morgan fingerprint density at radius 2 is 1.92 bits per heavy atom. The molecular weight excluding hydrogens is 336 g/mol. The molecule has 0 saturated carbocycles. The highest BCUT2D eigenvalue weighted by Gasteiger charge is 2.22. The molecule has 1 aliphatic rings. The lowest BCUT2D eigenvalue weighted by atomic mass is 9.93. The van der Waals surface area contributed by atoms with Crippen LogP contribution in [0.1, 0.15) is 30.1 Å². The molecule has 3 rings (SSSR count). The summed E-state index contributed by atoms with van der Waals surface area (Å²) >= 11 is 1.65. The number of aromatic nitrogens is 5. The Morgan fingerprint density at radius 1 is 1.20 bits per heavy atom. The topological polar surface area (TPSA) is 69.0 Å². The van der Waals surface area contributed by atoms with Crippen LogP contribution in [-0.4, -0.2) is 56.1 Å². The molecule has 0 spiro atoms. The Hall–Kier alpha value is -1.51. The van der Waals surface area contributed by atoms with E-state index in [1.54, 1.807) is 18.9 Å². The van der Waals surface area contributed by atoms with Gasteiger partial charge in [-0.1, -0.05) is 11.8 Å². The van der Waals surface area contributed by atoms with Gasteiger partial charge in [-0.25, -0.2) is 9.97 Å². The zero-order chi connectivity index (χ0) is 17.6. The van der Waals surface area contributed by atoms with E-state index in [1.807, 2.05) is 18.6 Å². The standard InChI is InChI=1S/C17H26N6OS/c1-22-16(20-21-17(22)25-3)8-13-4-6-23(7-5-13)11-14-9-18-15(12-24-2)19-10-14/h9-10,13H,4-8,11-12H2,1-3H3. The first-order chi connectivity index (χ1) is 12.2. The van der Waals surface area contributed by atoms with E-state index in [0.29, 0.717) is 12.5 Å². The van der Waals surface area contributed by atoms with E-state index < -0.39 is 0 Å². The summed E-state index contributed by atoms with van der Waals surface area (Å²) in [7, 11) is 3.72. The second-order valence-corrected chi connectivity index (χ2v) is 7.30. The van der Waals surface area contributed by atoms with Crippen LogP contribution in [0.4, 0.5) is 0 Å². The van der Waals surface area contributed by atoms with Crippen molar-refractivity contribution < 1.29 is 4.74 Å². The molecule has 0 unspecified atom stereocenters. The molecular formula is C17H26N6OS. The second-order valence-electron chi connectivity index (χ2n) is 6.53. The minimum Gasteiger partial charge on any atom is -0.377 e. The molecule has 2 aromatic heterocycles. The molecule has 136 valence electrons. The largest absolute Gasteiger partial charge is 0.377 e. The average Bonchev–Trinajstić information content (AvgIpc) is 2.98. The van der Waals surface area contributed by atoms with Crippen molar-refractivity contribution >= 4 is 11.8 Å². The molecule has 2 aromatic rings. The lowest BCUT2D eigenvalue weighted by Crippen LogP contribution is -2.34. The molecule has 1 aliphatic heterocycles. The van der Waals surface area contributed by atoms with Crippen LogP contribution in [0.25, 0.3) is 0 Å². The normalized spacial score (nSPS) is 16.4. The Balaban J connectivity index is 1.47. The summed E-state index contributed by atoms with van der Waals surface area (Å²) in [5.41, 5.74) is 1.16. The fourth-order valence-electron chi connectivity index (χ4n) is 3.23. The van der Waals surface area contributed by atoms with Crippen LogP contribution in [-0.2, 0) is 31.4 Å². The maximum absolute atomic E-state index is 5.05. The van der Waals surface area contributed by atoms with Crippen molar-refractivity contribution in [3.8, 4) is 0 Å². The van der Waals surface area contributed by atoms with Gasteiger partial charge in [0.15, 0.2) is 11.0 Å². The molecule has 0 atom stereocenters. The van der Waals surface area contributed by atoms with E-state index in [0.717, 1.165) is 48.4 Å². The third-order valence-electron chi connectivity index (χ3n) is 4.72. The van der Waals surface area contributed by atoms with Gasteiger partial charge in [0.05, 0.1) is 0 Å². The van der Waals surface area contributed by atoms with Crippen LogP contribution in [0.2, 0.25) is 0 Å². The Morgan fingerprint density at radius 3 is 2.52 bits per heavy atom. The monoisotopic (exact) mass is 362 g/mol. The number of rotatable bonds is 7. The average molecular weight is 363 g/mol. The fourth-order valence-corrected chi connectivity index (χ4v) is 3.73. The lowest BCUT2D eigenvalue weighted by Gasteiger charge is -2.31. The highest BCUT2D eigenvalue weighted by molar-refractivity contribution is 7.98. The number of hydrogen-bond donors (Lipinski definition) is 0. The first-order valence-corrected chi connectivity index (χ1v) is 9.85. The SMILES string of the molecule is COCc1ncc(CN2CCC(Cc3nnc(SC)n3C)CC2)cn1. The Labute approximate surface area is 153 Å². The van der Waals surface area contributed by atoms with Gasteiger partial charge in [0.2, 0.25) is 0 Å². The zero-order valence-corrected chi connectivity index (χ0v) is 16.0. The Kier molecular flexibility index (Phi) is 6.39. The van der Waals surface area contributed by atoms with E-state index in [1.165, 1.54) is 12.8 Å². The number of likely N-dealkylation sites (tertiary alicyclic amines) is 1. The van der Waals surface area contributed by atoms with Gasteiger partial charge in [0, 0.05) is 45.1 Å². The van der Waals surface area contributed by atoms with Gasteiger partial charge < -0.3 is 9.30 Å². The minimum absolute atomic E-state index is 0.464. The molecule has 0 amide bonds. The predicted molar refractivity (Wildman–Crippen MR) is 97.2 cm³/mol. The third kappa shape index (κ3) is 4.77. The van der Waals surface area contributed by atoms with Gasteiger partial charge in [-0.3, -0.25) is 4.90 Å². The van der Waals surface area contributed by atoms with Gasteiger partial charge in [0.1, 0.15) is 12.4 Å². The predicted octanol–water partition coefficient (Wildman–Crippen LogP) is 1.93. The highest BCUT2D eigenvalue weighted by atomic mass is 32.2. The summed E-state index contributed by atoms with van der Waals surface area (Å²) in [6, 6.07) is 0. The first kappa shape index (κ1) is 18.3. The minimum atomic E-state index is 0.464. The fraction of sp³-hybridized carbons (Fsp3) is 0.647. The molecule has 3 heterocycles. The van der Waals surface area contributed by atoms with Gasteiger partial charge in [-0.2, -0.15) is 0 Å². The van der Waals surface area contributed by atoms with Crippen LogP contribution in [0.15, 0.2) is 17.6 Å². The van der Waals surface area contributed by atoms with Crippen molar-refractivity contribution in [3.05, 3.63) is 29.6 Å². The van der Waals surface area contributed by atoms with Crippen molar-refractivity contribution in [2.45, 2.75) is 37.6 Å². The zero-order valence-electron chi connectivity index (χ0n) is 15.2. The number of methoxy groups -OCH3 is 1. The quantitative estimate of drug-likeness (QED) is 0.697. The van der Waals surface area contributed by atoms with Crippen molar-refractivity contribution in [2.24, 2.45) is 13.0 Å². The molecule has 0 aliphatic carbocycles. The molecule has 0 aromatic carbocycles. The van der Waals surface area contributed by atoms with Crippen LogP contribution in [0.5, 0.6) is 0 Å². The van der Waals surface area contributed by atoms with E-state index in [4.69, 9.17) is 4.74 Å². The van der Waals surface area contributed by atoms with E-state index in [-0.39, 0.29) is 0 Å². The van der Waals surface area contributed by atoms with Crippen molar-refractivity contribution in [1.29, 1.82) is 0 Å². The van der Waals surface area contributed by atoms with Crippen LogP contribution in [0, 0.1) is 5.92 Å². The molecule has 7 nitrogen and oxygen atoms in total. The molecule has 1 saturated heterocycles. The van der Waals surface area contributed by atoms with Gasteiger partial charge in [0.25, 0.3) is 0 Å². The first-order valence-electron chi connectivity index (χ1n) is 8.63. The molecule has 25 heavy (non-hydrogen) atoms. The maximum Gasteiger partial charge on any atom is 0.190 e. The summed E-state index contributed by atoms with van der Waals surface area (Å²) in [5, 5.41) is 9.57. The number of hydrogen-bond acceptors (Lipinski definition) is 7. The highest BCUT2D eigenvalue weighted by Crippen LogP contribution is 2.23. The molecule has 0 bridgehead atoms. The summed E-state index contributed by atoms with van der Waals surface area (Å²) in [5.74, 6) is 2.53. The summed E-state index contributed by atoms with van der Waals surface area (Å²) in [6.07, 6.45) is 9.28. The van der Waals surface area contributed by atoms with Crippen molar-refractivity contribution in [2.75, 3.05) is 26.5 Å².